The van der Waals surface area contributed by atoms with Crippen LogP contribution in [0.15, 0.2) is 46.0 Å². The van der Waals surface area contributed by atoms with E-state index in [9.17, 15) is 14.9 Å². The normalized spacial score (nSPS) is 16.1. The molecule has 1 aliphatic rings. The molecule has 1 atom stereocenters. The molecule has 158 valence electrons. The highest BCUT2D eigenvalue weighted by Gasteiger charge is 2.34. The first-order valence-corrected chi connectivity index (χ1v) is 10.2. The van der Waals surface area contributed by atoms with Crippen molar-refractivity contribution in [3.8, 4) is 11.3 Å². The maximum absolute atomic E-state index is 12.7. The predicted octanol–water partition coefficient (Wildman–Crippen LogP) is 4.64. The van der Waals surface area contributed by atoms with E-state index < -0.39 is 16.9 Å². The molecule has 3 rings (SSSR count). The summed E-state index contributed by atoms with van der Waals surface area (Å²) in [6.45, 7) is 3.94. The van der Waals surface area contributed by atoms with Crippen molar-refractivity contribution < 1.29 is 18.9 Å². The summed E-state index contributed by atoms with van der Waals surface area (Å²) in [6, 6.07) is 6.92. The van der Waals surface area contributed by atoms with Crippen LogP contribution in [0.1, 0.15) is 38.5 Å². The van der Waals surface area contributed by atoms with E-state index >= 15 is 0 Å². The van der Waals surface area contributed by atoms with Crippen molar-refractivity contribution in [2.75, 3.05) is 6.61 Å². The molecule has 30 heavy (non-hydrogen) atoms. The third-order valence-electron chi connectivity index (χ3n) is 4.48. The van der Waals surface area contributed by atoms with Crippen molar-refractivity contribution >= 4 is 40.6 Å². The van der Waals surface area contributed by atoms with Crippen LogP contribution in [0.25, 0.3) is 11.3 Å². The molecule has 2 heterocycles. The van der Waals surface area contributed by atoms with Gasteiger partial charge >= 0.3 is 5.97 Å². The molecule has 0 bridgehead atoms. The largest absolute Gasteiger partial charge is 0.463 e. The molecule has 2 N–H and O–H groups in total. The molecule has 0 spiro atoms. The number of carbonyl (C=O) groups is 1. The fraction of sp³-hybridized carbons (Fsp3) is 0.300. The van der Waals surface area contributed by atoms with Crippen molar-refractivity contribution in [1.29, 1.82) is 0 Å². The molecule has 0 aliphatic carbocycles. The third kappa shape index (κ3) is 4.47. The van der Waals surface area contributed by atoms with Crippen LogP contribution in [0.5, 0.6) is 0 Å². The van der Waals surface area contributed by atoms with Gasteiger partial charge in [-0.25, -0.2) is 4.79 Å². The highest BCUT2D eigenvalue weighted by Crippen LogP contribution is 2.37. The Labute approximate surface area is 183 Å². The second kappa shape index (κ2) is 9.27. The number of halogens is 1. The summed E-state index contributed by atoms with van der Waals surface area (Å²) in [5.74, 6) is 0.179. The minimum Gasteiger partial charge on any atom is -0.463 e. The van der Waals surface area contributed by atoms with Gasteiger partial charge in [-0.15, -0.1) is 0 Å². The standard InChI is InChI=1S/C20H20ClN3O5S/c1-3-5-13-17(19(25)28-4-2)18(23-20(30)22-13)16-9-8-15(29-16)12-7-6-11(21)10-14(12)24(26)27/h6-10,18H,3-5H2,1-2H3,(H2,22,23,30)/t18-/m1/s1. The average molecular weight is 450 g/mol. The lowest BCUT2D eigenvalue weighted by Crippen LogP contribution is -2.45. The van der Waals surface area contributed by atoms with E-state index in [-0.39, 0.29) is 28.6 Å². The summed E-state index contributed by atoms with van der Waals surface area (Å²) in [6.07, 6.45) is 1.39. The monoisotopic (exact) mass is 449 g/mol. The topological polar surface area (TPSA) is 107 Å². The van der Waals surface area contributed by atoms with E-state index in [2.05, 4.69) is 10.6 Å². The van der Waals surface area contributed by atoms with Gasteiger partial charge in [-0.3, -0.25) is 10.1 Å². The van der Waals surface area contributed by atoms with Crippen LogP contribution < -0.4 is 10.6 Å². The lowest BCUT2D eigenvalue weighted by Gasteiger charge is -2.29. The highest BCUT2D eigenvalue weighted by molar-refractivity contribution is 7.80. The molecule has 2 aromatic rings. The number of rotatable bonds is 7. The molecular formula is C20H20ClN3O5S. The quantitative estimate of drug-likeness (QED) is 0.272. The molecule has 0 radical (unpaired) electrons. The number of hydrogen-bond donors (Lipinski definition) is 2. The van der Waals surface area contributed by atoms with E-state index in [1.54, 1.807) is 25.1 Å². The first-order chi connectivity index (χ1) is 14.3. The number of carbonyl (C=O) groups excluding carboxylic acids is 1. The summed E-state index contributed by atoms with van der Waals surface area (Å²) >= 11 is 11.2. The molecular weight excluding hydrogens is 430 g/mol. The second-order valence-electron chi connectivity index (χ2n) is 6.51. The maximum Gasteiger partial charge on any atom is 0.338 e. The number of hydrogen-bond acceptors (Lipinski definition) is 6. The number of nitro groups is 1. The van der Waals surface area contributed by atoms with Crippen molar-refractivity contribution in [3.63, 3.8) is 0 Å². The Morgan fingerprint density at radius 1 is 1.33 bits per heavy atom. The number of esters is 1. The Morgan fingerprint density at radius 3 is 2.77 bits per heavy atom. The molecule has 8 nitrogen and oxygen atoms in total. The molecule has 0 saturated carbocycles. The van der Waals surface area contributed by atoms with Crippen molar-refractivity contribution in [2.45, 2.75) is 32.7 Å². The Balaban J connectivity index is 2.06. The van der Waals surface area contributed by atoms with Crippen molar-refractivity contribution in [3.05, 3.63) is 62.5 Å². The van der Waals surface area contributed by atoms with Crippen LogP contribution >= 0.6 is 23.8 Å². The Bertz CT molecular complexity index is 1030. The summed E-state index contributed by atoms with van der Waals surface area (Å²) < 4.78 is 11.2. The second-order valence-corrected chi connectivity index (χ2v) is 7.36. The van der Waals surface area contributed by atoms with Crippen LogP contribution in [-0.4, -0.2) is 22.6 Å². The number of thiocarbonyl (C=S) groups is 1. The fourth-order valence-corrected chi connectivity index (χ4v) is 3.65. The summed E-state index contributed by atoms with van der Waals surface area (Å²) in [7, 11) is 0. The zero-order chi connectivity index (χ0) is 21.8. The smallest absolute Gasteiger partial charge is 0.338 e. The SMILES string of the molecule is CCCC1=C(C(=O)OCC)[C@@H](c2ccc(-c3ccc(Cl)cc3[N+](=O)[O-])o2)NC(=S)N1. The summed E-state index contributed by atoms with van der Waals surface area (Å²) in [4.78, 5) is 23.6. The third-order valence-corrected chi connectivity index (χ3v) is 4.94. The fourth-order valence-electron chi connectivity index (χ4n) is 3.25. The number of furan rings is 1. The molecule has 1 aromatic carbocycles. The summed E-state index contributed by atoms with van der Waals surface area (Å²) in [5, 5.41) is 18.1. The highest BCUT2D eigenvalue weighted by atomic mass is 35.5. The van der Waals surface area contributed by atoms with Gasteiger partial charge in [0.2, 0.25) is 0 Å². The van der Waals surface area contributed by atoms with Crippen LogP contribution in [-0.2, 0) is 9.53 Å². The van der Waals surface area contributed by atoms with Gasteiger partial charge in [-0.1, -0.05) is 24.9 Å². The predicted molar refractivity (Wildman–Crippen MR) is 116 cm³/mol. The number of benzene rings is 1. The molecule has 0 fully saturated rings. The lowest BCUT2D eigenvalue weighted by atomic mass is 9.98. The Morgan fingerprint density at radius 2 is 2.10 bits per heavy atom. The van der Waals surface area contributed by atoms with Gasteiger partial charge < -0.3 is 19.8 Å². The first-order valence-electron chi connectivity index (χ1n) is 9.37. The maximum atomic E-state index is 12.7. The first kappa shape index (κ1) is 21.8. The number of nitro benzene ring substituents is 1. The molecule has 10 heteroatoms. The van der Waals surface area contributed by atoms with Gasteiger partial charge in [0.15, 0.2) is 5.11 Å². The zero-order valence-electron chi connectivity index (χ0n) is 16.4. The Hall–Kier alpha value is -2.91. The van der Waals surface area contributed by atoms with E-state index in [1.807, 2.05) is 6.92 Å². The van der Waals surface area contributed by atoms with E-state index in [0.29, 0.717) is 28.6 Å². The van der Waals surface area contributed by atoms with Crippen molar-refractivity contribution in [1.82, 2.24) is 10.6 Å². The molecule has 0 unspecified atom stereocenters. The minimum atomic E-state index is -0.681. The van der Waals surface area contributed by atoms with Gasteiger partial charge in [0, 0.05) is 16.8 Å². The van der Waals surface area contributed by atoms with Crippen LogP contribution in [0, 0.1) is 10.1 Å². The van der Waals surface area contributed by atoms with Crippen LogP contribution in [0.2, 0.25) is 5.02 Å². The minimum absolute atomic E-state index is 0.176. The van der Waals surface area contributed by atoms with Gasteiger partial charge in [0.1, 0.15) is 17.6 Å². The van der Waals surface area contributed by atoms with Gasteiger partial charge in [-0.2, -0.15) is 0 Å². The van der Waals surface area contributed by atoms with Crippen LogP contribution in [0.3, 0.4) is 0 Å². The number of ether oxygens (including phenoxy) is 1. The van der Waals surface area contributed by atoms with Crippen LogP contribution in [0.4, 0.5) is 5.69 Å². The van der Waals surface area contributed by atoms with E-state index in [4.69, 9.17) is 33.0 Å². The average Bonchev–Trinajstić information content (AvgIpc) is 3.17. The van der Waals surface area contributed by atoms with E-state index in [0.717, 1.165) is 6.42 Å². The molecule has 1 aromatic heterocycles. The lowest BCUT2D eigenvalue weighted by molar-refractivity contribution is -0.384. The molecule has 1 aliphatic heterocycles. The van der Waals surface area contributed by atoms with E-state index in [1.165, 1.54) is 12.1 Å². The van der Waals surface area contributed by atoms with Gasteiger partial charge in [0.25, 0.3) is 5.69 Å². The Kier molecular flexibility index (Phi) is 6.73. The van der Waals surface area contributed by atoms with Gasteiger partial charge in [0.05, 0.1) is 22.7 Å². The molecule has 0 amide bonds. The van der Waals surface area contributed by atoms with Gasteiger partial charge in [-0.05, 0) is 49.8 Å². The van der Waals surface area contributed by atoms with Crippen molar-refractivity contribution in [2.24, 2.45) is 0 Å². The molecule has 0 saturated heterocycles. The number of nitrogens with zero attached hydrogens (tertiary/aromatic N) is 1. The number of nitrogens with one attached hydrogen (secondary N) is 2. The number of allylic oxidation sites excluding steroid dienone is 1. The summed E-state index contributed by atoms with van der Waals surface area (Å²) in [5.41, 5.74) is 1.14. The zero-order valence-corrected chi connectivity index (χ0v) is 17.9.